The summed E-state index contributed by atoms with van der Waals surface area (Å²) in [5.74, 6) is 0.620. The number of hydrogen-bond donors (Lipinski definition) is 0. The lowest BCUT2D eigenvalue weighted by Crippen LogP contribution is -2.42. The molecule has 2 atom stereocenters. The van der Waals surface area contributed by atoms with E-state index in [9.17, 15) is 4.79 Å². The molecule has 3 rings (SSSR count). The Kier molecular flexibility index (Phi) is 3.97. The lowest BCUT2D eigenvalue weighted by atomic mass is 9.80. The molecule has 2 heterocycles. The van der Waals surface area contributed by atoms with Crippen molar-refractivity contribution in [3.8, 4) is 0 Å². The van der Waals surface area contributed by atoms with Gasteiger partial charge in [-0.15, -0.1) is 5.10 Å². The van der Waals surface area contributed by atoms with Gasteiger partial charge < -0.3 is 9.64 Å². The van der Waals surface area contributed by atoms with Gasteiger partial charge in [0.2, 0.25) is 0 Å². The number of ether oxygens (including phenoxy) is 1. The van der Waals surface area contributed by atoms with Crippen molar-refractivity contribution in [2.75, 3.05) is 20.3 Å². The molecule has 0 spiro atoms. The van der Waals surface area contributed by atoms with Crippen LogP contribution in [-0.4, -0.2) is 52.1 Å². The van der Waals surface area contributed by atoms with Crippen molar-refractivity contribution in [3.63, 3.8) is 0 Å². The van der Waals surface area contributed by atoms with E-state index in [1.807, 2.05) is 23.6 Å². The van der Waals surface area contributed by atoms with Crippen LogP contribution < -0.4 is 0 Å². The molecule has 0 aromatic carbocycles. The Morgan fingerprint density at radius 1 is 1.43 bits per heavy atom. The highest BCUT2D eigenvalue weighted by Gasteiger charge is 2.32. The van der Waals surface area contributed by atoms with E-state index in [0.717, 1.165) is 18.7 Å². The van der Waals surface area contributed by atoms with Crippen LogP contribution in [0.25, 0.3) is 0 Å². The van der Waals surface area contributed by atoms with Gasteiger partial charge in [-0.05, 0) is 39.0 Å². The minimum absolute atomic E-state index is 0.0166. The predicted octanol–water partition coefficient (Wildman–Crippen LogP) is 1.81. The lowest BCUT2D eigenvalue weighted by Gasteiger charge is -2.37. The third-order valence-corrected chi connectivity index (χ3v) is 5.14. The molecule has 6 nitrogen and oxygen atoms in total. The zero-order valence-corrected chi connectivity index (χ0v) is 13.1. The zero-order chi connectivity index (χ0) is 15.0. The fourth-order valence-corrected chi connectivity index (χ4v) is 3.19. The lowest BCUT2D eigenvalue weighted by molar-refractivity contribution is 0.0622. The average Bonchev–Trinajstić information content (AvgIpc) is 3.04. The number of aromatic nitrogens is 3. The minimum Gasteiger partial charge on any atom is -0.379 e. The average molecular weight is 292 g/mol. The molecule has 2 fully saturated rings. The molecule has 1 aliphatic heterocycles. The minimum atomic E-state index is -0.0166. The Balaban J connectivity index is 1.74. The summed E-state index contributed by atoms with van der Waals surface area (Å²) >= 11 is 0. The summed E-state index contributed by atoms with van der Waals surface area (Å²) in [5, 5.41) is 8.31. The number of rotatable bonds is 4. The molecule has 1 aromatic rings. The summed E-state index contributed by atoms with van der Waals surface area (Å²) in [5.41, 5.74) is 1.33. The molecular formula is C15H24N4O2. The van der Waals surface area contributed by atoms with Crippen molar-refractivity contribution in [2.24, 2.45) is 5.92 Å². The Morgan fingerprint density at radius 2 is 2.19 bits per heavy atom. The molecule has 1 saturated heterocycles. The highest BCUT2D eigenvalue weighted by atomic mass is 16.5. The number of amides is 1. The molecule has 1 aromatic heterocycles. The van der Waals surface area contributed by atoms with Crippen LogP contribution in [-0.2, 0) is 4.74 Å². The molecular weight excluding hydrogens is 268 g/mol. The standard InChI is InChI=1S/C15H24N4O2/c1-10(12-5-4-6-12)18(3)15(20)14-11(2)19(17-16-14)13-7-8-21-9-13/h10,12-13H,4-9H2,1-3H3. The van der Waals surface area contributed by atoms with Crippen molar-refractivity contribution >= 4 is 5.91 Å². The fraction of sp³-hybridized carbons (Fsp3) is 0.800. The number of carbonyl (C=O) groups excluding carboxylic acids is 1. The summed E-state index contributed by atoms with van der Waals surface area (Å²) in [4.78, 5) is 14.5. The molecule has 1 aliphatic carbocycles. The van der Waals surface area contributed by atoms with Crippen LogP contribution in [0.15, 0.2) is 0 Å². The van der Waals surface area contributed by atoms with Crippen LogP contribution in [0.3, 0.4) is 0 Å². The third-order valence-electron chi connectivity index (χ3n) is 5.14. The van der Waals surface area contributed by atoms with Crippen LogP contribution >= 0.6 is 0 Å². The molecule has 0 N–H and O–H groups in total. The van der Waals surface area contributed by atoms with E-state index < -0.39 is 0 Å². The normalized spacial score (nSPS) is 23.9. The fourth-order valence-electron chi connectivity index (χ4n) is 3.19. The van der Waals surface area contributed by atoms with Crippen LogP contribution in [0.1, 0.15) is 54.8 Å². The van der Waals surface area contributed by atoms with Crippen molar-refractivity contribution < 1.29 is 9.53 Å². The summed E-state index contributed by atoms with van der Waals surface area (Å²) in [6, 6.07) is 0.485. The molecule has 2 aliphatic rings. The number of hydrogen-bond acceptors (Lipinski definition) is 4. The molecule has 1 amide bonds. The Labute approximate surface area is 125 Å². The van der Waals surface area contributed by atoms with Gasteiger partial charge in [-0.2, -0.15) is 0 Å². The Bertz CT molecular complexity index is 518. The maximum atomic E-state index is 12.7. The molecule has 2 unspecified atom stereocenters. The molecule has 21 heavy (non-hydrogen) atoms. The van der Waals surface area contributed by atoms with Gasteiger partial charge in [0.25, 0.3) is 5.91 Å². The van der Waals surface area contributed by atoms with E-state index in [2.05, 4.69) is 17.2 Å². The largest absolute Gasteiger partial charge is 0.379 e. The van der Waals surface area contributed by atoms with Gasteiger partial charge in [0.1, 0.15) is 0 Å². The van der Waals surface area contributed by atoms with Crippen LogP contribution in [0, 0.1) is 12.8 Å². The first kappa shape index (κ1) is 14.5. The topological polar surface area (TPSA) is 60.2 Å². The van der Waals surface area contributed by atoms with Gasteiger partial charge in [0.05, 0.1) is 18.3 Å². The SMILES string of the molecule is Cc1c(C(=O)N(C)C(C)C2CCC2)nnn1C1CCOC1. The van der Waals surface area contributed by atoms with Crippen molar-refractivity contribution in [3.05, 3.63) is 11.4 Å². The van der Waals surface area contributed by atoms with E-state index in [0.29, 0.717) is 18.2 Å². The first-order valence-electron chi connectivity index (χ1n) is 7.86. The summed E-state index contributed by atoms with van der Waals surface area (Å²) < 4.78 is 7.24. The number of carbonyl (C=O) groups is 1. The van der Waals surface area contributed by atoms with Gasteiger partial charge in [0, 0.05) is 19.7 Å². The van der Waals surface area contributed by atoms with E-state index in [1.54, 1.807) is 0 Å². The van der Waals surface area contributed by atoms with E-state index in [-0.39, 0.29) is 18.0 Å². The van der Waals surface area contributed by atoms with Gasteiger partial charge >= 0.3 is 0 Å². The predicted molar refractivity (Wildman–Crippen MR) is 78.1 cm³/mol. The van der Waals surface area contributed by atoms with Crippen LogP contribution in [0.2, 0.25) is 0 Å². The summed E-state index contributed by atoms with van der Waals surface area (Å²) in [6.45, 7) is 5.47. The van der Waals surface area contributed by atoms with E-state index >= 15 is 0 Å². The van der Waals surface area contributed by atoms with Gasteiger partial charge in [-0.3, -0.25) is 4.79 Å². The molecule has 0 radical (unpaired) electrons. The van der Waals surface area contributed by atoms with E-state index in [1.165, 1.54) is 19.3 Å². The highest BCUT2D eigenvalue weighted by molar-refractivity contribution is 5.93. The van der Waals surface area contributed by atoms with Gasteiger partial charge in [-0.25, -0.2) is 4.68 Å². The first-order chi connectivity index (χ1) is 10.1. The monoisotopic (exact) mass is 292 g/mol. The number of nitrogens with zero attached hydrogens (tertiary/aromatic N) is 4. The maximum Gasteiger partial charge on any atom is 0.276 e. The highest BCUT2D eigenvalue weighted by Crippen LogP contribution is 2.32. The second-order valence-electron chi connectivity index (χ2n) is 6.33. The summed E-state index contributed by atoms with van der Waals surface area (Å²) in [6.07, 6.45) is 4.67. The van der Waals surface area contributed by atoms with Gasteiger partial charge in [0.15, 0.2) is 5.69 Å². The first-order valence-corrected chi connectivity index (χ1v) is 7.86. The van der Waals surface area contributed by atoms with Crippen molar-refractivity contribution in [1.82, 2.24) is 19.9 Å². The molecule has 0 bridgehead atoms. The Hall–Kier alpha value is -1.43. The zero-order valence-electron chi connectivity index (χ0n) is 13.1. The van der Waals surface area contributed by atoms with Gasteiger partial charge in [-0.1, -0.05) is 11.6 Å². The molecule has 1 saturated carbocycles. The quantitative estimate of drug-likeness (QED) is 0.849. The second kappa shape index (κ2) is 5.75. The third kappa shape index (κ3) is 2.57. The summed E-state index contributed by atoms with van der Waals surface area (Å²) in [7, 11) is 1.88. The van der Waals surface area contributed by atoms with Crippen LogP contribution in [0.5, 0.6) is 0 Å². The van der Waals surface area contributed by atoms with E-state index in [4.69, 9.17) is 4.74 Å². The van der Waals surface area contributed by atoms with Crippen molar-refractivity contribution in [2.45, 2.75) is 51.6 Å². The van der Waals surface area contributed by atoms with Crippen molar-refractivity contribution in [1.29, 1.82) is 0 Å². The molecule has 6 heteroatoms. The molecule has 116 valence electrons. The Morgan fingerprint density at radius 3 is 2.76 bits per heavy atom. The van der Waals surface area contributed by atoms with Crippen LogP contribution in [0.4, 0.5) is 0 Å². The second-order valence-corrected chi connectivity index (χ2v) is 6.33. The maximum absolute atomic E-state index is 12.7. The smallest absolute Gasteiger partial charge is 0.276 e.